The predicted molar refractivity (Wildman–Crippen MR) is 60.1 cm³/mol. The van der Waals surface area contributed by atoms with Gasteiger partial charge in [0.05, 0.1) is 29.9 Å². The Labute approximate surface area is 97.4 Å². The van der Waals surface area contributed by atoms with E-state index in [4.69, 9.17) is 10.4 Å². The molecule has 1 N–H and O–H groups in total. The molecule has 2 rings (SSSR count). The van der Waals surface area contributed by atoms with E-state index in [0.717, 1.165) is 0 Å². The maximum atomic E-state index is 11.8. The monoisotopic (exact) mass is 227 g/mol. The number of ketones is 1. The molecule has 1 aromatic carbocycles. The summed E-state index contributed by atoms with van der Waals surface area (Å²) in [4.78, 5) is 20.0. The lowest BCUT2D eigenvalue weighted by Gasteiger charge is -2.04. The second-order valence-electron chi connectivity index (χ2n) is 3.47. The van der Waals surface area contributed by atoms with Gasteiger partial charge >= 0.3 is 0 Å². The summed E-state index contributed by atoms with van der Waals surface area (Å²) in [6.45, 7) is -0.510. The Hall–Kier alpha value is -2.32. The average Bonchev–Trinajstić information content (AvgIpc) is 2.39. The van der Waals surface area contributed by atoms with Gasteiger partial charge in [0.2, 0.25) is 5.78 Å². The number of nitriles is 1. The van der Waals surface area contributed by atoms with E-state index in [1.165, 1.54) is 6.20 Å². The van der Waals surface area contributed by atoms with Crippen LogP contribution in [0.25, 0.3) is 11.0 Å². The molecule has 0 aliphatic heterocycles. The lowest BCUT2D eigenvalue weighted by Crippen LogP contribution is -2.18. The molecule has 1 atom stereocenters. The Morgan fingerprint density at radius 3 is 2.76 bits per heavy atom. The number of rotatable bonds is 3. The first-order chi connectivity index (χ1) is 8.26. The molecule has 1 aromatic heterocycles. The van der Waals surface area contributed by atoms with Crippen LogP contribution in [-0.4, -0.2) is 27.5 Å². The van der Waals surface area contributed by atoms with Gasteiger partial charge in [-0.1, -0.05) is 12.1 Å². The number of hydrogen-bond acceptors (Lipinski definition) is 5. The molecule has 0 aliphatic carbocycles. The minimum Gasteiger partial charge on any atom is -0.395 e. The van der Waals surface area contributed by atoms with Gasteiger partial charge in [0, 0.05) is 0 Å². The van der Waals surface area contributed by atoms with Crippen molar-refractivity contribution >= 4 is 16.8 Å². The summed E-state index contributed by atoms with van der Waals surface area (Å²) >= 11 is 0. The molecule has 0 saturated heterocycles. The SMILES string of the molecule is N#CC(CO)C(=O)c1cnc2ccccc2n1. The maximum absolute atomic E-state index is 11.8. The molecule has 0 aliphatic rings. The Bertz CT molecular complexity index is 604. The second-order valence-corrected chi connectivity index (χ2v) is 3.47. The molecule has 2 aromatic rings. The van der Waals surface area contributed by atoms with Crippen molar-refractivity contribution in [2.45, 2.75) is 0 Å². The topological polar surface area (TPSA) is 86.9 Å². The fraction of sp³-hybridized carbons (Fsp3) is 0.167. The number of carbonyl (C=O) groups excluding carboxylic acids is 1. The Morgan fingerprint density at radius 2 is 2.12 bits per heavy atom. The second kappa shape index (κ2) is 4.68. The summed E-state index contributed by atoms with van der Waals surface area (Å²) in [5.41, 5.74) is 1.37. The molecule has 0 fully saturated rings. The highest BCUT2D eigenvalue weighted by Gasteiger charge is 2.20. The van der Waals surface area contributed by atoms with Crippen LogP contribution in [0.2, 0.25) is 0 Å². The zero-order valence-electron chi connectivity index (χ0n) is 8.87. The van der Waals surface area contributed by atoms with Crippen LogP contribution in [-0.2, 0) is 0 Å². The van der Waals surface area contributed by atoms with Gasteiger partial charge in [-0.2, -0.15) is 5.26 Å². The van der Waals surface area contributed by atoms with Crippen LogP contribution >= 0.6 is 0 Å². The van der Waals surface area contributed by atoms with E-state index in [1.54, 1.807) is 24.3 Å². The highest BCUT2D eigenvalue weighted by atomic mass is 16.3. The number of aromatic nitrogens is 2. The summed E-state index contributed by atoms with van der Waals surface area (Å²) in [7, 11) is 0. The van der Waals surface area contributed by atoms with E-state index in [-0.39, 0.29) is 5.69 Å². The quantitative estimate of drug-likeness (QED) is 0.788. The molecule has 0 bridgehead atoms. The number of fused-ring (bicyclic) bond motifs is 1. The van der Waals surface area contributed by atoms with Crippen molar-refractivity contribution in [1.29, 1.82) is 5.26 Å². The maximum Gasteiger partial charge on any atom is 0.202 e. The highest BCUT2D eigenvalue weighted by molar-refractivity contribution is 5.98. The van der Waals surface area contributed by atoms with Crippen LogP contribution in [0.1, 0.15) is 10.5 Å². The molecular formula is C12H9N3O2. The molecule has 1 heterocycles. The van der Waals surface area contributed by atoms with Gasteiger partial charge in [0.15, 0.2) is 0 Å². The fourth-order valence-corrected chi connectivity index (χ4v) is 1.44. The molecule has 5 nitrogen and oxygen atoms in total. The standard InChI is InChI=1S/C12H9N3O2/c13-5-8(7-16)12(17)11-6-14-9-3-1-2-4-10(9)15-11/h1-4,6,8,16H,7H2. The molecule has 0 spiro atoms. The molecule has 5 heteroatoms. The lowest BCUT2D eigenvalue weighted by atomic mass is 10.0. The summed E-state index contributed by atoms with van der Waals surface area (Å²) in [5, 5.41) is 17.6. The Morgan fingerprint density at radius 1 is 1.41 bits per heavy atom. The van der Waals surface area contributed by atoms with Gasteiger partial charge in [-0.3, -0.25) is 9.78 Å². The minimum atomic E-state index is -1.08. The third-order valence-electron chi connectivity index (χ3n) is 2.36. The first-order valence-corrected chi connectivity index (χ1v) is 5.02. The van der Waals surface area contributed by atoms with Crippen molar-refractivity contribution < 1.29 is 9.90 Å². The normalized spacial score (nSPS) is 12.0. The largest absolute Gasteiger partial charge is 0.395 e. The highest BCUT2D eigenvalue weighted by Crippen LogP contribution is 2.11. The molecule has 1 unspecified atom stereocenters. The van der Waals surface area contributed by atoms with E-state index in [1.807, 2.05) is 6.07 Å². The fourth-order valence-electron chi connectivity index (χ4n) is 1.44. The third kappa shape index (κ3) is 2.12. The smallest absolute Gasteiger partial charge is 0.202 e. The van der Waals surface area contributed by atoms with Crippen molar-refractivity contribution in [2.24, 2.45) is 5.92 Å². The molecule has 0 radical (unpaired) electrons. The third-order valence-corrected chi connectivity index (χ3v) is 2.36. The summed E-state index contributed by atoms with van der Waals surface area (Å²) in [5.74, 6) is -1.58. The number of Topliss-reactive ketones (excluding diaryl/α,β-unsaturated/α-hetero) is 1. The van der Waals surface area contributed by atoms with Gasteiger partial charge in [-0.15, -0.1) is 0 Å². The molecule has 84 valence electrons. The van der Waals surface area contributed by atoms with Gasteiger partial charge < -0.3 is 5.11 Å². The van der Waals surface area contributed by atoms with E-state index in [9.17, 15) is 4.79 Å². The van der Waals surface area contributed by atoms with Crippen LogP contribution in [0.5, 0.6) is 0 Å². The van der Waals surface area contributed by atoms with Crippen molar-refractivity contribution in [1.82, 2.24) is 9.97 Å². The molecular weight excluding hydrogens is 218 g/mol. The first kappa shape index (κ1) is 11.2. The van der Waals surface area contributed by atoms with Crippen LogP contribution in [0, 0.1) is 17.2 Å². The van der Waals surface area contributed by atoms with Gasteiger partial charge in [0.25, 0.3) is 0 Å². The molecule has 0 saturated carbocycles. The molecule has 0 amide bonds. The zero-order chi connectivity index (χ0) is 12.3. The first-order valence-electron chi connectivity index (χ1n) is 5.02. The van der Waals surface area contributed by atoms with Crippen LogP contribution in [0.3, 0.4) is 0 Å². The number of para-hydroxylation sites is 2. The van der Waals surface area contributed by atoms with Gasteiger partial charge in [0.1, 0.15) is 11.6 Å². The molecule has 17 heavy (non-hydrogen) atoms. The number of nitrogens with zero attached hydrogens (tertiary/aromatic N) is 3. The van der Waals surface area contributed by atoms with E-state index >= 15 is 0 Å². The number of aliphatic hydroxyl groups is 1. The van der Waals surface area contributed by atoms with Crippen molar-refractivity contribution in [2.75, 3.05) is 6.61 Å². The number of carbonyl (C=O) groups is 1. The van der Waals surface area contributed by atoms with Crippen LogP contribution in [0.15, 0.2) is 30.5 Å². The predicted octanol–water partition coefficient (Wildman–Crippen LogP) is 0.945. The summed E-state index contributed by atoms with van der Waals surface area (Å²) < 4.78 is 0. The van der Waals surface area contributed by atoms with E-state index in [0.29, 0.717) is 11.0 Å². The van der Waals surface area contributed by atoms with Crippen molar-refractivity contribution in [3.05, 3.63) is 36.2 Å². The number of benzene rings is 1. The number of hydrogen-bond donors (Lipinski definition) is 1. The van der Waals surface area contributed by atoms with Crippen molar-refractivity contribution in [3.63, 3.8) is 0 Å². The Kier molecular flexibility index (Phi) is 3.08. The van der Waals surface area contributed by atoms with Gasteiger partial charge in [-0.25, -0.2) is 4.98 Å². The van der Waals surface area contributed by atoms with Gasteiger partial charge in [-0.05, 0) is 12.1 Å². The Balaban J connectivity index is 2.43. The lowest BCUT2D eigenvalue weighted by molar-refractivity contribution is 0.0901. The van der Waals surface area contributed by atoms with E-state index < -0.39 is 18.3 Å². The minimum absolute atomic E-state index is 0.101. The van der Waals surface area contributed by atoms with Crippen LogP contribution in [0.4, 0.5) is 0 Å². The zero-order valence-corrected chi connectivity index (χ0v) is 8.87. The van der Waals surface area contributed by atoms with Crippen molar-refractivity contribution in [3.8, 4) is 6.07 Å². The summed E-state index contributed by atoms with van der Waals surface area (Å²) in [6, 6.07) is 8.86. The number of aliphatic hydroxyl groups excluding tert-OH is 1. The van der Waals surface area contributed by atoms with E-state index in [2.05, 4.69) is 9.97 Å². The van der Waals surface area contributed by atoms with Crippen LogP contribution < -0.4 is 0 Å². The summed E-state index contributed by atoms with van der Waals surface area (Å²) in [6.07, 6.45) is 1.32. The average molecular weight is 227 g/mol.